The minimum atomic E-state index is 0.0264. The van der Waals surface area contributed by atoms with Crippen LogP contribution < -0.4 is 16.0 Å². The van der Waals surface area contributed by atoms with E-state index < -0.39 is 0 Å². The zero-order valence-electron chi connectivity index (χ0n) is 10.4. The van der Waals surface area contributed by atoms with Gasteiger partial charge in [-0.15, -0.1) is 0 Å². The van der Waals surface area contributed by atoms with Crippen molar-refractivity contribution < 1.29 is 4.79 Å². The fraction of sp³-hybridized carbons (Fsp3) is 0.500. The van der Waals surface area contributed by atoms with Crippen LogP contribution in [-0.2, 0) is 4.79 Å². The second-order valence-electron chi connectivity index (χ2n) is 4.46. The van der Waals surface area contributed by atoms with Gasteiger partial charge in [0.05, 0.1) is 20.6 Å². The number of carbonyl (C=O) groups excluding carboxylic acids is 1. The lowest BCUT2D eigenvalue weighted by Crippen LogP contribution is -2.35. The molecule has 1 aliphatic heterocycles. The van der Waals surface area contributed by atoms with Gasteiger partial charge in [-0.05, 0) is 38.3 Å². The molecule has 2 heterocycles. The molecule has 5 nitrogen and oxygen atoms in total. The van der Waals surface area contributed by atoms with Gasteiger partial charge in [-0.25, -0.2) is 0 Å². The van der Waals surface area contributed by atoms with Crippen LogP contribution in [0.2, 0.25) is 0 Å². The van der Waals surface area contributed by atoms with Gasteiger partial charge in [0.1, 0.15) is 0 Å². The maximum atomic E-state index is 11.9. The maximum Gasteiger partial charge on any atom is 0.225 e. The number of pyridine rings is 1. The zero-order chi connectivity index (χ0) is 13.8. The summed E-state index contributed by atoms with van der Waals surface area (Å²) in [5, 5.41) is 2.85. The molecule has 1 aromatic rings. The van der Waals surface area contributed by atoms with Crippen molar-refractivity contribution in [3.63, 3.8) is 0 Å². The minimum Gasteiger partial charge on any atom is -0.369 e. The molecule has 0 spiro atoms. The van der Waals surface area contributed by atoms with Gasteiger partial charge in [-0.1, -0.05) is 0 Å². The van der Waals surface area contributed by atoms with E-state index in [1.165, 1.54) is 0 Å². The summed E-state index contributed by atoms with van der Waals surface area (Å²) in [5.41, 5.74) is 6.45. The summed E-state index contributed by atoms with van der Waals surface area (Å²) in [7, 11) is 0. The largest absolute Gasteiger partial charge is 0.369 e. The van der Waals surface area contributed by atoms with Crippen LogP contribution >= 0.6 is 31.9 Å². The summed E-state index contributed by atoms with van der Waals surface area (Å²) in [5.74, 6) is 0.118. The Balaban J connectivity index is 2.04. The third-order valence-electron chi connectivity index (χ3n) is 3.15. The second-order valence-corrected chi connectivity index (χ2v) is 6.17. The first-order chi connectivity index (χ1) is 9.13. The molecule has 0 aliphatic carbocycles. The first-order valence-corrected chi connectivity index (χ1v) is 7.73. The molecule has 0 saturated carbocycles. The third-order valence-corrected chi connectivity index (χ3v) is 4.31. The minimum absolute atomic E-state index is 0.0264. The number of rotatable bonds is 4. The lowest BCUT2D eigenvalue weighted by atomic mass is 10.1. The third kappa shape index (κ3) is 3.46. The van der Waals surface area contributed by atoms with Crippen LogP contribution in [0, 0.1) is 5.92 Å². The van der Waals surface area contributed by atoms with Gasteiger partial charge in [-0.2, -0.15) is 0 Å². The van der Waals surface area contributed by atoms with E-state index >= 15 is 0 Å². The average Bonchev–Trinajstić information content (AvgIpc) is 2.85. The molecule has 2 rings (SSSR count). The maximum absolute atomic E-state index is 11.9. The fourth-order valence-corrected chi connectivity index (χ4v) is 3.65. The predicted molar refractivity (Wildman–Crippen MR) is 82.0 cm³/mol. The molecule has 1 fully saturated rings. The lowest BCUT2D eigenvalue weighted by Gasteiger charge is -2.21. The van der Waals surface area contributed by atoms with E-state index in [1.54, 1.807) is 12.4 Å². The number of nitrogens with two attached hydrogens (primary N) is 1. The first-order valence-electron chi connectivity index (χ1n) is 6.15. The van der Waals surface area contributed by atoms with Crippen LogP contribution in [0.4, 0.5) is 5.69 Å². The van der Waals surface area contributed by atoms with Crippen molar-refractivity contribution in [1.82, 2.24) is 10.3 Å². The number of anilines is 1. The highest BCUT2D eigenvalue weighted by molar-refractivity contribution is 9.11. The summed E-state index contributed by atoms with van der Waals surface area (Å²) in [6, 6.07) is 0. The van der Waals surface area contributed by atoms with Crippen molar-refractivity contribution in [1.29, 1.82) is 0 Å². The van der Waals surface area contributed by atoms with E-state index in [1.807, 2.05) is 0 Å². The van der Waals surface area contributed by atoms with Crippen molar-refractivity contribution in [3.05, 3.63) is 21.3 Å². The topological polar surface area (TPSA) is 71.2 Å². The molecule has 0 radical (unpaired) electrons. The first kappa shape index (κ1) is 14.7. The number of carbonyl (C=O) groups is 1. The molecule has 1 amide bonds. The molecule has 1 unspecified atom stereocenters. The summed E-state index contributed by atoms with van der Waals surface area (Å²) in [6.07, 6.45) is 4.39. The number of aromatic nitrogens is 1. The van der Waals surface area contributed by atoms with Crippen molar-refractivity contribution >= 4 is 43.5 Å². The molecule has 104 valence electrons. The van der Waals surface area contributed by atoms with Gasteiger partial charge >= 0.3 is 0 Å². The quantitative estimate of drug-likeness (QED) is 0.815. The number of nitrogens with one attached hydrogen (secondary N) is 1. The Morgan fingerprint density at radius 1 is 1.47 bits per heavy atom. The number of hydrogen-bond donors (Lipinski definition) is 2. The van der Waals surface area contributed by atoms with E-state index in [-0.39, 0.29) is 11.8 Å². The smallest absolute Gasteiger partial charge is 0.225 e. The van der Waals surface area contributed by atoms with Crippen LogP contribution in [0.15, 0.2) is 21.3 Å². The van der Waals surface area contributed by atoms with Crippen LogP contribution in [0.1, 0.15) is 6.42 Å². The Hall–Kier alpha value is -0.660. The molecule has 19 heavy (non-hydrogen) atoms. The molecule has 0 aromatic carbocycles. The normalized spacial score (nSPS) is 18.7. The van der Waals surface area contributed by atoms with Gasteiger partial charge < -0.3 is 16.0 Å². The van der Waals surface area contributed by atoms with E-state index in [0.717, 1.165) is 34.1 Å². The van der Waals surface area contributed by atoms with Crippen molar-refractivity contribution in [2.75, 3.05) is 31.1 Å². The molecule has 1 aromatic heterocycles. The number of nitrogens with zero attached hydrogens (tertiary/aromatic N) is 2. The number of amides is 1. The summed E-state index contributed by atoms with van der Waals surface area (Å²) in [4.78, 5) is 18.2. The van der Waals surface area contributed by atoms with E-state index in [2.05, 4.69) is 47.1 Å². The summed E-state index contributed by atoms with van der Waals surface area (Å²) < 4.78 is 1.87. The molecular weight excluding hydrogens is 376 g/mol. The Bertz CT molecular complexity index is 449. The fourth-order valence-electron chi connectivity index (χ4n) is 2.22. The van der Waals surface area contributed by atoms with Gasteiger partial charge in [0.25, 0.3) is 0 Å². The van der Waals surface area contributed by atoms with E-state index in [0.29, 0.717) is 13.1 Å². The molecular formula is C12H16Br2N4O. The number of halogens is 2. The highest BCUT2D eigenvalue weighted by Crippen LogP contribution is 2.36. The monoisotopic (exact) mass is 390 g/mol. The Labute approximate surface area is 129 Å². The van der Waals surface area contributed by atoms with Gasteiger partial charge in [-0.3, -0.25) is 9.78 Å². The molecule has 1 atom stereocenters. The van der Waals surface area contributed by atoms with E-state index in [4.69, 9.17) is 5.73 Å². The average molecular weight is 392 g/mol. The molecule has 0 bridgehead atoms. The van der Waals surface area contributed by atoms with Crippen LogP contribution in [0.25, 0.3) is 0 Å². The number of hydrogen-bond acceptors (Lipinski definition) is 4. The molecule has 7 heteroatoms. The molecule has 1 aliphatic rings. The van der Waals surface area contributed by atoms with Gasteiger partial charge in [0.15, 0.2) is 0 Å². The zero-order valence-corrected chi connectivity index (χ0v) is 13.6. The van der Waals surface area contributed by atoms with Crippen LogP contribution in [-0.4, -0.2) is 37.1 Å². The summed E-state index contributed by atoms with van der Waals surface area (Å²) in [6.45, 7) is 2.60. The lowest BCUT2D eigenvalue weighted by molar-refractivity contribution is -0.124. The summed E-state index contributed by atoms with van der Waals surface area (Å²) >= 11 is 7.01. The van der Waals surface area contributed by atoms with Gasteiger partial charge in [0, 0.05) is 38.6 Å². The Kier molecular flexibility index (Phi) is 5.18. The van der Waals surface area contributed by atoms with Crippen molar-refractivity contribution in [3.8, 4) is 0 Å². The highest BCUT2D eigenvalue weighted by Gasteiger charge is 2.29. The Morgan fingerprint density at radius 3 is 2.79 bits per heavy atom. The highest BCUT2D eigenvalue weighted by atomic mass is 79.9. The second kappa shape index (κ2) is 6.67. The standard InChI is InChI=1S/C12H16Br2N4O/c13-9-5-16-6-10(14)11(9)18-4-1-8(7-18)12(19)17-3-2-15/h5-6,8H,1-4,7,15H2,(H,17,19). The van der Waals surface area contributed by atoms with Crippen LogP contribution in [0.3, 0.4) is 0 Å². The van der Waals surface area contributed by atoms with Gasteiger partial charge in [0.2, 0.25) is 5.91 Å². The van der Waals surface area contributed by atoms with E-state index in [9.17, 15) is 4.79 Å². The molecule has 1 saturated heterocycles. The van der Waals surface area contributed by atoms with Crippen molar-refractivity contribution in [2.45, 2.75) is 6.42 Å². The SMILES string of the molecule is NCCNC(=O)C1CCN(c2c(Br)cncc2Br)C1. The van der Waals surface area contributed by atoms with Crippen molar-refractivity contribution in [2.24, 2.45) is 11.7 Å². The van der Waals surface area contributed by atoms with Crippen LogP contribution in [0.5, 0.6) is 0 Å². The molecule has 3 N–H and O–H groups in total. The Morgan fingerprint density at radius 2 is 2.16 bits per heavy atom. The predicted octanol–water partition coefficient (Wildman–Crippen LogP) is 1.51.